The maximum atomic E-state index is 13.7. The number of likely N-dealkylation sites (tertiary alicyclic amines) is 1. The summed E-state index contributed by atoms with van der Waals surface area (Å²) in [4.78, 5) is 31.7. The number of carbonyl (C=O) groups is 1. The van der Waals surface area contributed by atoms with Crippen LogP contribution in [0.25, 0.3) is 11.3 Å². The van der Waals surface area contributed by atoms with E-state index in [-0.39, 0.29) is 17.2 Å². The molecular formula is C28H33N5O2. The van der Waals surface area contributed by atoms with Crippen LogP contribution in [0.4, 0.5) is 5.95 Å². The van der Waals surface area contributed by atoms with Crippen LogP contribution in [-0.2, 0) is 4.79 Å². The highest BCUT2D eigenvalue weighted by atomic mass is 16.5. The monoisotopic (exact) mass is 471 g/mol. The Kier molecular flexibility index (Phi) is 6.66. The minimum atomic E-state index is -0.347. The van der Waals surface area contributed by atoms with E-state index in [1.807, 2.05) is 36.4 Å². The summed E-state index contributed by atoms with van der Waals surface area (Å²) in [6.45, 7) is 5.27. The fraction of sp³-hybridized carbons (Fsp3) is 0.429. The Morgan fingerprint density at radius 3 is 2.54 bits per heavy atom. The van der Waals surface area contributed by atoms with Crippen LogP contribution in [-0.4, -0.2) is 59.0 Å². The van der Waals surface area contributed by atoms with Gasteiger partial charge in [0, 0.05) is 61.2 Å². The molecule has 7 nitrogen and oxygen atoms in total. The molecule has 2 fully saturated rings. The number of methoxy groups -OCH3 is 1. The zero-order valence-electron chi connectivity index (χ0n) is 20.6. The fourth-order valence-corrected chi connectivity index (χ4v) is 5.34. The van der Waals surface area contributed by atoms with Crippen molar-refractivity contribution < 1.29 is 9.53 Å². The van der Waals surface area contributed by atoms with Gasteiger partial charge in [0.05, 0.1) is 12.8 Å². The molecule has 2 aliphatic rings. The Hall–Kier alpha value is -3.48. The second kappa shape index (κ2) is 10.0. The SMILES string of the molecule is COc1ccccc1-c1cccc(C2CCCN(C(=O)C3(C)CCN(c4ncccn4)CC3)C2)n1. The number of piperidine rings is 2. The Balaban J connectivity index is 1.28. The molecule has 4 heterocycles. The summed E-state index contributed by atoms with van der Waals surface area (Å²) >= 11 is 0. The van der Waals surface area contributed by atoms with Crippen LogP contribution in [0.1, 0.15) is 44.2 Å². The molecule has 1 atom stereocenters. The number of pyridine rings is 1. The first-order valence-electron chi connectivity index (χ1n) is 12.5. The second-order valence-corrected chi connectivity index (χ2v) is 9.83. The largest absolute Gasteiger partial charge is 0.496 e. The number of para-hydroxylation sites is 1. The number of aromatic nitrogens is 3. The maximum Gasteiger partial charge on any atom is 0.228 e. The number of carbonyl (C=O) groups excluding carboxylic acids is 1. The van der Waals surface area contributed by atoms with E-state index in [1.54, 1.807) is 19.5 Å². The van der Waals surface area contributed by atoms with Gasteiger partial charge in [-0.25, -0.2) is 9.97 Å². The lowest BCUT2D eigenvalue weighted by atomic mass is 9.78. The zero-order valence-corrected chi connectivity index (χ0v) is 20.6. The van der Waals surface area contributed by atoms with Gasteiger partial charge in [-0.05, 0) is 56.0 Å². The smallest absolute Gasteiger partial charge is 0.228 e. The van der Waals surface area contributed by atoms with Crippen LogP contribution in [0.15, 0.2) is 60.9 Å². The topological polar surface area (TPSA) is 71.5 Å². The van der Waals surface area contributed by atoms with Gasteiger partial charge in [0.1, 0.15) is 5.75 Å². The first kappa shape index (κ1) is 23.3. The van der Waals surface area contributed by atoms with Crippen molar-refractivity contribution in [3.05, 3.63) is 66.6 Å². The number of nitrogens with zero attached hydrogens (tertiary/aromatic N) is 5. The van der Waals surface area contributed by atoms with Gasteiger partial charge in [0.2, 0.25) is 11.9 Å². The normalized spacial score (nSPS) is 19.9. The standard InChI is InChI=1S/C28H33N5O2/c1-28(13-18-32(19-14-28)27-29-15-7-16-30-27)26(34)33-17-6-8-21(20-33)23-10-5-11-24(31-23)22-9-3-4-12-25(22)35-2/h3-5,7,9-12,15-16,21H,6,8,13-14,17-20H2,1-2H3. The molecule has 0 bridgehead atoms. The van der Waals surface area contributed by atoms with Crippen molar-refractivity contribution in [2.24, 2.45) is 5.41 Å². The zero-order chi connectivity index (χ0) is 24.3. The van der Waals surface area contributed by atoms with Crippen molar-refractivity contribution in [3.63, 3.8) is 0 Å². The minimum absolute atomic E-state index is 0.240. The number of hydrogen-bond donors (Lipinski definition) is 0. The van der Waals surface area contributed by atoms with E-state index in [9.17, 15) is 4.79 Å². The average Bonchev–Trinajstić information content (AvgIpc) is 2.93. The van der Waals surface area contributed by atoms with Crippen molar-refractivity contribution >= 4 is 11.9 Å². The molecular weight excluding hydrogens is 438 g/mol. The lowest BCUT2D eigenvalue weighted by molar-refractivity contribution is -0.143. The molecule has 1 amide bonds. The third kappa shape index (κ3) is 4.85. The van der Waals surface area contributed by atoms with Crippen molar-refractivity contribution in [2.45, 2.75) is 38.5 Å². The van der Waals surface area contributed by atoms with E-state index in [0.717, 1.165) is 80.5 Å². The summed E-state index contributed by atoms with van der Waals surface area (Å²) in [6.07, 6.45) is 7.21. The molecule has 0 spiro atoms. The summed E-state index contributed by atoms with van der Waals surface area (Å²) in [5.41, 5.74) is 2.60. The average molecular weight is 472 g/mol. The molecule has 1 unspecified atom stereocenters. The second-order valence-electron chi connectivity index (χ2n) is 9.83. The van der Waals surface area contributed by atoms with Crippen LogP contribution in [0.3, 0.4) is 0 Å². The van der Waals surface area contributed by atoms with E-state index in [2.05, 4.69) is 38.8 Å². The predicted octanol–water partition coefficient (Wildman–Crippen LogP) is 4.56. The molecule has 7 heteroatoms. The Bertz CT molecular complexity index is 1160. The van der Waals surface area contributed by atoms with Gasteiger partial charge in [-0.15, -0.1) is 0 Å². The number of amides is 1. The highest BCUT2D eigenvalue weighted by Gasteiger charge is 2.41. The fourth-order valence-electron chi connectivity index (χ4n) is 5.34. The van der Waals surface area contributed by atoms with Crippen LogP contribution < -0.4 is 9.64 Å². The van der Waals surface area contributed by atoms with E-state index in [4.69, 9.17) is 9.72 Å². The van der Waals surface area contributed by atoms with E-state index < -0.39 is 0 Å². The molecule has 35 heavy (non-hydrogen) atoms. The van der Waals surface area contributed by atoms with Crippen LogP contribution >= 0.6 is 0 Å². The summed E-state index contributed by atoms with van der Waals surface area (Å²) in [5, 5.41) is 0. The first-order chi connectivity index (χ1) is 17.1. The van der Waals surface area contributed by atoms with E-state index in [1.165, 1.54) is 0 Å². The summed E-state index contributed by atoms with van der Waals surface area (Å²) in [6, 6.07) is 16.0. The summed E-state index contributed by atoms with van der Waals surface area (Å²) in [7, 11) is 1.69. The van der Waals surface area contributed by atoms with E-state index >= 15 is 0 Å². The summed E-state index contributed by atoms with van der Waals surface area (Å²) < 4.78 is 5.54. The molecule has 0 radical (unpaired) electrons. The van der Waals surface area contributed by atoms with Crippen molar-refractivity contribution in [2.75, 3.05) is 38.2 Å². The third-order valence-electron chi connectivity index (χ3n) is 7.50. The van der Waals surface area contributed by atoms with Crippen LogP contribution in [0, 0.1) is 5.41 Å². The Labute approximate surface area is 207 Å². The van der Waals surface area contributed by atoms with Crippen molar-refractivity contribution in [3.8, 4) is 17.0 Å². The number of ether oxygens (including phenoxy) is 1. The van der Waals surface area contributed by atoms with Crippen LogP contribution in [0.2, 0.25) is 0 Å². The van der Waals surface area contributed by atoms with E-state index in [0.29, 0.717) is 0 Å². The predicted molar refractivity (Wildman–Crippen MR) is 136 cm³/mol. The molecule has 3 aromatic rings. The molecule has 182 valence electrons. The first-order valence-corrected chi connectivity index (χ1v) is 12.5. The van der Waals surface area contributed by atoms with Gasteiger partial charge in [0.15, 0.2) is 0 Å². The van der Waals surface area contributed by atoms with Crippen molar-refractivity contribution in [1.29, 1.82) is 0 Å². The molecule has 1 aromatic carbocycles. The van der Waals surface area contributed by atoms with Crippen LogP contribution in [0.5, 0.6) is 5.75 Å². The third-order valence-corrected chi connectivity index (χ3v) is 7.50. The summed E-state index contributed by atoms with van der Waals surface area (Å²) in [5.74, 6) is 2.08. The Morgan fingerprint density at radius 2 is 1.77 bits per heavy atom. The quantitative estimate of drug-likeness (QED) is 0.543. The van der Waals surface area contributed by atoms with Gasteiger partial charge < -0.3 is 14.5 Å². The highest BCUT2D eigenvalue weighted by Crippen LogP contribution is 2.37. The minimum Gasteiger partial charge on any atom is -0.496 e. The molecule has 0 N–H and O–H groups in total. The van der Waals surface area contributed by atoms with Gasteiger partial charge >= 0.3 is 0 Å². The molecule has 2 saturated heterocycles. The van der Waals surface area contributed by atoms with Gasteiger partial charge in [0.25, 0.3) is 0 Å². The number of hydrogen-bond acceptors (Lipinski definition) is 6. The number of anilines is 1. The molecule has 0 aliphatic carbocycles. The van der Waals surface area contributed by atoms with Gasteiger partial charge in [-0.3, -0.25) is 9.78 Å². The Morgan fingerprint density at radius 1 is 1.00 bits per heavy atom. The van der Waals surface area contributed by atoms with Gasteiger partial charge in [-0.1, -0.05) is 25.1 Å². The molecule has 0 saturated carbocycles. The lowest BCUT2D eigenvalue weighted by Crippen LogP contribution is -2.51. The molecule has 5 rings (SSSR count). The number of rotatable bonds is 5. The van der Waals surface area contributed by atoms with Gasteiger partial charge in [-0.2, -0.15) is 0 Å². The molecule has 2 aliphatic heterocycles. The van der Waals surface area contributed by atoms with Crippen molar-refractivity contribution in [1.82, 2.24) is 19.9 Å². The highest BCUT2D eigenvalue weighted by molar-refractivity contribution is 5.83. The lowest BCUT2D eigenvalue weighted by Gasteiger charge is -2.43. The molecule has 2 aromatic heterocycles. The number of benzene rings is 1. The maximum absolute atomic E-state index is 13.7.